The first-order valence-corrected chi connectivity index (χ1v) is 11.3. The van der Waals surface area contributed by atoms with Crippen LogP contribution in [-0.4, -0.2) is 30.9 Å². The summed E-state index contributed by atoms with van der Waals surface area (Å²) in [6, 6.07) is 23.6. The first-order valence-electron chi connectivity index (χ1n) is 11.3. The largest absolute Gasteiger partial charge is 0.341 e. The van der Waals surface area contributed by atoms with Gasteiger partial charge in [-0.1, -0.05) is 36.4 Å². The molecular formula is C27H28N4O3. The fourth-order valence-electron chi connectivity index (χ4n) is 4.53. The molecule has 0 spiro atoms. The average Bonchev–Trinajstić information content (AvgIpc) is 2.84. The second-order valence-corrected chi connectivity index (χ2v) is 8.34. The number of fused-ring (bicyclic) bond motifs is 1. The van der Waals surface area contributed by atoms with Crippen LogP contribution in [-0.2, 0) is 4.79 Å². The van der Waals surface area contributed by atoms with Crippen molar-refractivity contribution in [3.63, 3.8) is 0 Å². The maximum absolute atomic E-state index is 13.6. The molecular weight excluding hydrogens is 428 g/mol. The lowest BCUT2D eigenvalue weighted by atomic mass is 9.89. The monoisotopic (exact) mass is 456 g/mol. The van der Waals surface area contributed by atoms with Crippen molar-refractivity contribution in [2.45, 2.75) is 32.4 Å². The molecule has 7 nitrogen and oxygen atoms in total. The third kappa shape index (κ3) is 4.50. The van der Waals surface area contributed by atoms with Gasteiger partial charge in [0.05, 0.1) is 6.04 Å². The highest BCUT2D eigenvalue weighted by atomic mass is 16.2. The highest BCUT2D eigenvalue weighted by Gasteiger charge is 2.38. The minimum atomic E-state index is -0.322. The molecule has 1 aliphatic heterocycles. The summed E-state index contributed by atoms with van der Waals surface area (Å²) in [7, 11) is 1.54. The van der Waals surface area contributed by atoms with Crippen LogP contribution in [0.1, 0.15) is 42.2 Å². The summed E-state index contributed by atoms with van der Waals surface area (Å²) in [6.45, 7) is 3.58. The first-order chi connectivity index (χ1) is 16.4. The molecule has 3 aromatic carbocycles. The topological polar surface area (TPSA) is 81.8 Å². The molecule has 0 radical (unpaired) electrons. The zero-order valence-electron chi connectivity index (χ0n) is 19.5. The van der Waals surface area contributed by atoms with Crippen LogP contribution in [0.5, 0.6) is 0 Å². The SMILES string of the molecule is CNC(=O)Nc1ccc(C(=O)N2c3ccccc3[C@H](N(C(C)=O)c3ccccc3)C[C@@H]2C)cc1. The second-order valence-electron chi connectivity index (χ2n) is 8.34. The van der Waals surface area contributed by atoms with Gasteiger partial charge in [-0.15, -0.1) is 0 Å². The number of urea groups is 1. The van der Waals surface area contributed by atoms with E-state index in [1.165, 1.54) is 0 Å². The molecule has 0 saturated carbocycles. The van der Waals surface area contributed by atoms with Crippen molar-refractivity contribution in [3.8, 4) is 0 Å². The van der Waals surface area contributed by atoms with Crippen molar-refractivity contribution in [2.24, 2.45) is 0 Å². The molecule has 0 unspecified atom stereocenters. The number of rotatable bonds is 4. The van der Waals surface area contributed by atoms with Crippen molar-refractivity contribution >= 4 is 34.9 Å². The summed E-state index contributed by atoms with van der Waals surface area (Å²) in [5.41, 5.74) is 3.69. The Kier molecular flexibility index (Phi) is 6.63. The fraction of sp³-hybridized carbons (Fsp3) is 0.222. The van der Waals surface area contributed by atoms with Crippen molar-refractivity contribution in [2.75, 3.05) is 22.2 Å². The van der Waals surface area contributed by atoms with Crippen molar-refractivity contribution in [1.82, 2.24) is 5.32 Å². The van der Waals surface area contributed by atoms with Gasteiger partial charge in [0.1, 0.15) is 0 Å². The number of nitrogens with zero attached hydrogens (tertiary/aromatic N) is 2. The molecule has 1 heterocycles. The summed E-state index contributed by atoms with van der Waals surface area (Å²) in [4.78, 5) is 41.5. The molecule has 0 bridgehead atoms. The van der Waals surface area contributed by atoms with Crippen molar-refractivity contribution < 1.29 is 14.4 Å². The Hall–Kier alpha value is -4.13. The predicted molar refractivity (Wildman–Crippen MR) is 134 cm³/mol. The fourth-order valence-corrected chi connectivity index (χ4v) is 4.53. The van der Waals surface area contributed by atoms with E-state index < -0.39 is 0 Å². The third-order valence-electron chi connectivity index (χ3n) is 6.08. The van der Waals surface area contributed by atoms with Crippen LogP contribution in [0.25, 0.3) is 0 Å². The lowest BCUT2D eigenvalue weighted by Gasteiger charge is -2.43. The number of nitrogens with one attached hydrogen (secondary N) is 2. The van der Waals surface area contributed by atoms with E-state index in [-0.39, 0.29) is 29.9 Å². The molecule has 0 saturated heterocycles. The molecule has 7 heteroatoms. The quantitative estimate of drug-likeness (QED) is 0.582. The Balaban J connectivity index is 1.68. The van der Waals surface area contributed by atoms with E-state index in [2.05, 4.69) is 10.6 Å². The minimum absolute atomic E-state index is 0.0443. The molecule has 34 heavy (non-hydrogen) atoms. The lowest BCUT2D eigenvalue weighted by Crippen LogP contribution is -2.47. The zero-order chi connectivity index (χ0) is 24.2. The summed E-state index contributed by atoms with van der Waals surface area (Å²) < 4.78 is 0. The van der Waals surface area contributed by atoms with E-state index in [0.717, 1.165) is 16.9 Å². The Morgan fingerprint density at radius 3 is 2.21 bits per heavy atom. The van der Waals surface area contributed by atoms with Gasteiger partial charge in [0.15, 0.2) is 0 Å². The van der Waals surface area contributed by atoms with E-state index in [1.807, 2.05) is 66.4 Å². The van der Waals surface area contributed by atoms with Crippen LogP contribution in [0.15, 0.2) is 78.9 Å². The molecule has 2 atom stereocenters. The van der Waals surface area contributed by atoms with Gasteiger partial charge in [0.25, 0.3) is 5.91 Å². The van der Waals surface area contributed by atoms with E-state index in [4.69, 9.17) is 0 Å². The lowest BCUT2D eigenvalue weighted by molar-refractivity contribution is -0.117. The van der Waals surface area contributed by atoms with Crippen LogP contribution in [0.4, 0.5) is 21.9 Å². The highest BCUT2D eigenvalue weighted by Crippen LogP contribution is 2.42. The van der Waals surface area contributed by atoms with Gasteiger partial charge in [-0.05, 0) is 61.4 Å². The van der Waals surface area contributed by atoms with Gasteiger partial charge in [-0.3, -0.25) is 9.59 Å². The van der Waals surface area contributed by atoms with Gasteiger partial charge in [0, 0.05) is 42.6 Å². The number of hydrogen-bond acceptors (Lipinski definition) is 3. The van der Waals surface area contributed by atoms with Gasteiger partial charge >= 0.3 is 6.03 Å². The summed E-state index contributed by atoms with van der Waals surface area (Å²) in [5, 5.41) is 5.19. The molecule has 174 valence electrons. The van der Waals surface area contributed by atoms with Crippen LogP contribution in [0.2, 0.25) is 0 Å². The summed E-state index contributed by atoms with van der Waals surface area (Å²) in [6.07, 6.45) is 0.605. The number of benzene rings is 3. The Morgan fingerprint density at radius 2 is 1.56 bits per heavy atom. The van der Waals surface area contributed by atoms with E-state index in [9.17, 15) is 14.4 Å². The third-order valence-corrected chi connectivity index (χ3v) is 6.08. The van der Waals surface area contributed by atoms with Crippen LogP contribution in [0.3, 0.4) is 0 Å². The van der Waals surface area contributed by atoms with Gasteiger partial charge in [0.2, 0.25) is 5.91 Å². The number of carbonyl (C=O) groups is 3. The van der Waals surface area contributed by atoms with Gasteiger partial charge < -0.3 is 20.4 Å². The van der Waals surface area contributed by atoms with Crippen molar-refractivity contribution in [1.29, 1.82) is 0 Å². The van der Waals surface area contributed by atoms with Crippen LogP contribution in [0, 0.1) is 0 Å². The Bertz CT molecular complexity index is 1190. The number of hydrogen-bond donors (Lipinski definition) is 2. The average molecular weight is 457 g/mol. The highest BCUT2D eigenvalue weighted by molar-refractivity contribution is 6.08. The molecule has 4 amide bonds. The molecule has 4 rings (SSSR count). The number of carbonyl (C=O) groups excluding carboxylic acids is 3. The Labute approximate surface area is 199 Å². The minimum Gasteiger partial charge on any atom is -0.341 e. The Morgan fingerprint density at radius 1 is 0.912 bits per heavy atom. The van der Waals surface area contributed by atoms with Crippen LogP contribution >= 0.6 is 0 Å². The standard InChI is InChI=1S/C27H28N4O3/c1-18-17-25(31(19(2)32)22-9-5-4-6-10-22)23-11-7-8-12-24(23)30(18)26(33)20-13-15-21(16-14-20)29-27(34)28-3/h4-16,18,25H,17H2,1-3H3,(H2,28,29,34)/t18-,25+/m0/s1. The van der Waals surface area contributed by atoms with Gasteiger partial charge in [-0.2, -0.15) is 0 Å². The first kappa shape index (κ1) is 23.0. The molecule has 0 aliphatic carbocycles. The maximum atomic E-state index is 13.6. The van der Waals surface area contributed by atoms with Crippen LogP contribution < -0.4 is 20.4 Å². The van der Waals surface area contributed by atoms with Crippen molar-refractivity contribution in [3.05, 3.63) is 90.0 Å². The second kappa shape index (κ2) is 9.79. The normalized spacial score (nSPS) is 16.9. The van der Waals surface area contributed by atoms with E-state index in [1.54, 1.807) is 43.1 Å². The number of anilines is 3. The molecule has 1 aliphatic rings. The maximum Gasteiger partial charge on any atom is 0.318 e. The molecule has 0 fully saturated rings. The summed E-state index contributed by atoms with van der Waals surface area (Å²) in [5.74, 6) is -0.170. The van der Waals surface area contributed by atoms with Gasteiger partial charge in [-0.25, -0.2) is 4.79 Å². The predicted octanol–water partition coefficient (Wildman–Crippen LogP) is 4.97. The molecule has 3 aromatic rings. The summed E-state index contributed by atoms with van der Waals surface area (Å²) >= 11 is 0. The smallest absolute Gasteiger partial charge is 0.318 e. The number of para-hydroxylation sites is 2. The molecule has 2 N–H and O–H groups in total. The van der Waals surface area contributed by atoms with E-state index >= 15 is 0 Å². The molecule has 0 aromatic heterocycles. The van der Waals surface area contributed by atoms with E-state index in [0.29, 0.717) is 17.7 Å². The zero-order valence-corrected chi connectivity index (χ0v) is 19.5. The number of amides is 4.